The summed E-state index contributed by atoms with van der Waals surface area (Å²) in [7, 11) is 0. The van der Waals surface area contributed by atoms with Gasteiger partial charge < -0.3 is 0 Å². The van der Waals surface area contributed by atoms with Gasteiger partial charge in [-0.05, 0) is 17.7 Å². The maximum Gasteiger partial charge on any atom is 0.175 e. The number of hydrogen-bond donors (Lipinski definition) is 1. The van der Waals surface area contributed by atoms with Crippen molar-refractivity contribution in [1.29, 1.82) is 0 Å². The Labute approximate surface area is 127 Å². The average molecular weight is 309 g/mol. The number of anilines is 1. The summed E-state index contributed by atoms with van der Waals surface area (Å²) in [5, 5.41) is 0. The number of nitrogens with zero attached hydrogens (tertiary/aromatic N) is 1. The number of halogens is 3. The zero-order chi connectivity index (χ0) is 15.0. The van der Waals surface area contributed by atoms with Crippen LogP contribution in [0, 0.1) is 5.92 Å². The third kappa shape index (κ3) is 2.39. The number of fused-ring (bicyclic) bond motifs is 1. The highest BCUT2D eigenvalue weighted by atomic mass is 32.1. The fourth-order valence-electron chi connectivity index (χ4n) is 2.71. The summed E-state index contributed by atoms with van der Waals surface area (Å²) in [6.45, 7) is 0. The molecule has 0 saturated heterocycles. The van der Waals surface area contributed by atoms with E-state index in [4.69, 9.17) is 0 Å². The van der Waals surface area contributed by atoms with E-state index < -0.39 is 24.4 Å². The van der Waals surface area contributed by atoms with Gasteiger partial charge >= 0.3 is 0 Å². The van der Waals surface area contributed by atoms with E-state index in [2.05, 4.69) is 12.8 Å². The van der Waals surface area contributed by atoms with E-state index in [1.54, 1.807) is 48.6 Å². The van der Waals surface area contributed by atoms with Gasteiger partial charge in [-0.15, -0.1) is 0 Å². The van der Waals surface area contributed by atoms with Crippen LogP contribution in [0.15, 0.2) is 65.9 Å². The zero-order valence-electron chi connectivity index (χ0n) is 11.0. The van der Waals surface area contributed by atoms with Gasteiger partial charge in [0.25, 0.3) is 0 Å². The first kappa shape index (κ1) is 14.3. The van der Waals surface area contributed by atoms with Gasteiger partial charge in [0, 0.05) is 5.92 Å². The van der Waals surface area contributed by atoms with Crippen molar-refractivity contribution in [3.05, 3.63) is 65.9 Å². The molecular weight excluding hydrogens is 295 g/mol. The fraction of sp³-hybridized carbons (Fsp3) is 0.250. The molecule has 0 heterocycles. The molecule has 1 aromatic carbocycles. The quantitative estimate of drug-likeness (QED) is 0.794. The Morgan fingerprint density at radius 2 is 1.67 bits per heavy atom. The van der Waals surface area contributed by atoms with Crippen molar-refractivity contribution in [2.75, 3.05) is 4.31 Å². The molecule has 4 unspecified atom stereocenters. The van der Waals surface area contributed by atoms with Crippen LogP contribution < -0.4 is 4.31 Å². The van der Waals surface area contributed by atoms with Crippen LogP contribution in [0.4, 0.5) is 18.9 Å². The summed E-state index contributed by atoms with van der Waals surface area (Å²) in [6.07, 6.45) is 0.411. The number of thiol groups is 1. The average Bonchev–Trinajstić information content (AvgIpc) is 2.53. The van der Waals surface area contributed by atoms with Crippen LogP contribution in [0.2, 0.25) is 0 Å². The molecule has 0 radical (unpaired) electrons. The largest absolute Gasteiger partial charge is 0.288 e. The van der Waals surface area contributed by atoms with Crippen LogP contribution in [-0.2, 0) is 0 Å². The molecule has 110 valence electrons. The van der Waals surface area contributed by atoms with Gasteiger partial charge in [-0.3, -0.25) is 4.31 Å². The Hall–Kier alpha value is -1.62. The van der Waals surface area contributed by atoms with Crippen molar-refractivity contribution < 1.29 is 13.2 Å². The number of benzene rings is 1. The monoisotopic (exact) mass is 309 g/mol. The first-order valence-electron chi connectivity index (χ1n) is 6.66. The lowest BCUT2D eigenvalue weighted by Crippen LogP contribution is -2.44. The highest BCUT2D eigenvalue weighted by Crippen LogP contribution is 2.42. The van der Waals surface area contributed by atoms with E-state index in [0.29, 0.717) is 11.3 Å². The molecule has 0 spiro atoms. The standard InChI is InChI=1S/C16H14F3NS/c17-13-11-8-4-5-9-12(11)16(15(19)14(13)18)20(21)10-6-2-1-3-7-10/h1-9,11,13-15,21H. The van der Waals surface area contributed by atoms with Crippen molar-refractivity contribution in [2.24, 2.45) is 5.92 Å². The summed E-state index contributed by atoms with van der Waals surface area (Å²) in [5.41, 5.74) is 1.11. The zero-order valence-corrected chi connectivity index (χ0v) is 11.9. The van der Waals surface area contributed by atoms with Crippen molar-refractivity contribution in [3.8, 4) is 0 Å². The van der Waals surface area contributed by atoms with Crippen molar-refractivity contribution in [3.63, 3.8) is 0 Å². The Balaban J connectivity index is 2.09. The maximum absolute atomic E-state index is 14.4. The summed E-state index contributed by atoms with van der Waals surface area (Å²) in [5.74, 6) is -0.773. The van der Waals surface area contributed by atoms with Gasteiger partial charge in [-0.2, -0.15) is 0 Å². The van der Waals surface area contributed by atoms with E-state index in [0.717, 1.165) is 0 Å². The topological polar surface area (TPSA) is 3.24 Å². The highest BCUT2D eigenvalue weighted by molar-refractivity contribution is 7.82. The van der Waals surface area contributed by atoms with Crippen LogP contribution >= 0.6 is 12.8 Å². The molecule has 0 aromatic heterocycles. The van der Waals surface area contributed by atoms with Crippen LogP contribution in [-0.4, -0.2) is 18.5 Å². The van der Waals surface area contributed by atoms with Gasteiger partial charge in [0.2, 0.25) is 0 Å². The van der Waals surface area contributed by atoms with Gasteiger partial charge in [0.1, 0.15) is 6.17 Å². The molecule has 0 saturated carbocycles. The van der Waals surface area contributed by atoms with E-state index in [-0.39, 0.29) is 5.70 Å². The molecule has 0 N–H and O–H groups in total. The summed E-state index contributed by atoms with van der Waals surface area (Å²) in [6, 6.07) is 8.84. The van der Waals surface area contributed by atoms with Gasteiger partial charge in [-0.25, -0.2) is 13.2 Å². The third-order valence-corrected chi connectivity index (χ3v) is 4.22. The minimum Gasteiger partial charge on any atom is -0.288 e. The van der Waals surface area contributed by atoms with Crippen molar-refractivity contribution in [1.82, 2.24) is 0 Å². The molecule has 2 aliphatic carbocycles. The van der Waals surface area contributed by atoms with Crippen LogP contribution in [0.3, 0.4) is 0 Å². The minimum absolute atomic E-state index is 0.0662. The number of para-hydroxylation sites is 1. The Kier molecular flexibility index (Phi) is 3.85. The van der Waals surface area contributed by atoms with Crippen molar-refractivity contribution in [2.45, 2.75) is 18.5 Å². The second-order valence-electron chi connectivity index (χ2n) is 5.05. The van der Waals surface area contributed by atoms with Crippen molar-refractivity contribution >= 4 is 18.5 Å². The van der Waals surface area contributed by atoms with Crippen LogP contribution in [0.25, 0.3) is 0 Å². The summed E-state index contributed by atoms with van der Waals surface area (Å²) >= 11 is 4.30. The molecule has 5 heteroatoms. The lowest BCUT2D eigenvalue weighted by molar-refractivity contribution is 0.0698. The maximum atomic E-state index is 14.4. The SMILES string of the molecule is FC1C(N(S)c2ccccc2)=C2C=CC=CC2C(F)C1F. The molecule has 1 aromatic rings. The Morgan fingerprint density at radius 3 is 2.38 bits per heavy atom. The molecule has 0 fully saturated rings. The van der Waals surface area contributed by atoms with E-state index in [9.17, 15) is 13.2 Å². The molecule has 1 nitrogen and oxygen atoms in total. The first-order chi connectivity index (χ1) is 10.1. The molecule has 2 aliphatic rings. The second kappa shape index (κ2) is 5.64. The minimum atomic E-state index is -2.19. The van der Waals surface area contributed by atoms with E-state index >= 15 is 0 Å². The molecule has 0 amide bonds. The second-order valence-corrected chi connectivity index (χ2v) is 5.45. The fourth-order valence-corrected chi connectivity index (χ4v) is 3.07. The number of hydrogen-bond acceptors (Lipinski definition) is 2. The molecule has 3 rings (SSSR count). The number of allylic oxidation sites excluding steroid dienone is 6. The molecule has 0 aliphatic heterocycles. The third-order valence-electron chi connectivity index (χ3n) is 3.78. The number of rotatable bonds is 2. The molecule has 0 bridgehead atoms. The predicted octanol–water partition coefficient (Wildman–Crippen LogP) is 4.36. The first-order valence-corrected chi connectivity index (χ1v) is 7.06. The highest BCUT2D eigenvalue weighted by Gasteiger charge is 2.46. The predicted molar refractivity (Wildman–Crippen MR) is 81.4 cm³/mol. The lowest BCUT2D eigenvalue weighted by Gasteiger charge is -2.37. The van der Waals surface area contributed by atoms with Gasteiger partial charge in [0.05, 0.1) is 11.4 Å². The van der Waals surface area contributed by atoms with Gasteiger partial charge in [0.15, 0.2) is 12.3 Å². The Morgan fingerprint density at radius 1 is 0.952 bits per heavy atom. The summed E-state index contributed by atoms with van der Waals surface area (Å²) < 4.78 is 43.7. The summed E-state index contributed by atoms with van der Waals surface area (Å²) in [4.78, 5) is 0. The molecular formula is C16H14F3NS. The van der Waals surface area contributed by atoms with Gasteiger partial charge in [-0.1, -0.05) is 55.3 Å². The smallest absolute Gasteiger partial charge is 0.175 e. The Bertz CT molecular complexity index is 611. The molecule has 21 heavy (non-hydrogen) atoms. The van der Waals surface area contributed by atoms with Crippen LogP contribution in [0.5, 0.6) is 0 Å². The van der Waals surface area contributed by atoms with E-state index in [1.165, 1.54) is 4.31 Å². The van der Waals surface area contributed by atoms with Crippen LogP contribution in [0.1, 0.15) is 0 Å². The molecule has 4 atom stereocenters. The van der Waals surface area contributed by atoms with E-state index in [1.807, 2.05) is 6.07 Å². The normalized spacial score (nSPS) is 31.2. The lowest BCUT2D eigenvalue weighted by atomic mass is 9.79. The number of alkyl halides is 3.